The second-order valence-corrected chi connectivity index (χ2v) is 7.66. The van der Waals surface area contributed by atoms with Crippen LogP contribution in [0.5, 0.6) is 0 Å². The number of benzene rings is 1. The molecule has 1 fully saturated rings. The van der Waals surface area contributed by atoms with Crippen molar-refractivity contribution in [1.29, 1.82) is 0 Å². The van der Waals surface area contributed by atoms with Crippen LogP contribution in [0.3, 0.4) is 0 Å². The Hall–Kier alpha value is -1.51. The van der Waals surface area contributed by atoms with Crippen molar-refractivity contribution in [1.82, 2.24) is 9.62 Å². The molecular formula is C15H23N3O4S. The van der Waals surface area contributed by atoms with Crippen molar-refractivity contribution in [2.75, 3.05) is 19.6 Å². The molecule has 0 aromatic heterocycles. The van der Waals surface area contributed by atoms with Crippen molar-refractivity contribution in [3.8, 4) is 0 Å². The number of non-ortho nitro benzene ring substituents is 1. The first kappa shape index (κ1) is 17.8. The van der Waals surface area contributed by atoms with Crippen LogP contribution in [0.1, 0.15) is 30.9 Å². The van der Waals surface area contributed by atoms with Gasteiger partial charge in [0, 0.05) is 18.2 Å². The van der Waals surface area contributed by atoms with Crippen LogP contribution in [0.2, 0.25) is 0 Å². The van der Waals surface area contributed by atoms with E-state index in [-0.39, 0.29) is 16.6 Å². The predicted octanol–water partition coefficient (Wildman–Crippen LogP) is 1.97. The zero-order valence-electron chi connectivity index (χ0n) is 13.7. The molecule has 0 aliphatic carbocycles. The van der Waals surface area contributed by atoms with E-state index in [0.29, 0.717) is 11.1 Å². The molecule has 0 unspecified atom stereocenters. The van der Waals surface area contributed by atoms with E-state index in [4.69, 9.17) is 0 Å². The molecule has 0 saturated carbocycles. The Morgan fingerprint density at radius 1 is 1.30 bits per heavy atom. The molecule has 1 saturated heterocycles. The number of sulfonamides is 1. The third-order valence-corrected chi connectivity index (χ3v) is 6.11. The standard InChI is InChI=1S/C15H23N3O4S/c1-4-17-7-5-13(6-8-17)16-23(21,22)15-10-14(18(19)20)9-11(2)12(15)3/h9-10,13,16H,4-8H2,1-3H3. The lowest BCUT2D eigenvalue weighted by molar-refractivity contribution is -0.385. The van der Waals surface area contributed by atoms with Gasteiger partial charge in [0.1, 0.15) is 0 Å². The highest BCUT2D eigenvalue weighted by Crippen LogP contribution is 2.26. The van der Waals surface area contributed by atoms with E-state index in [1.54, 1.807) is 13.8 Å². The molecule has 0 spiro atoms. The summed E-state index contributed by atoms with van der Waals surface area (Å²) in [6.07, 6.45) is 1.50. The van der Waals surface area contributed by atoms with Gasteiger partial charge < -0.3 is 4.90 Å². The monoisotopic (exact) mass is 341 g/mol. The maximum atomic E-state index is 12.7. The lowest BCUT2D eigenvalue weighted by Gasteiger charge is -2.31. The Balaban J connectivity index is 2.24. The number of nitro groups is 1. The number of nitrogens with one attached hydrogen (secondary N) is 1. The van der Waals surface area contributed by atoms with Crippen LogP contribution in [0.15, 0.2) is 17.0 Å². The van der Waals surface area contributed by atoms with Crippen LogP contribution in [0, 0.1) is 24.0 Å². The van der Waals surface area contributed by atoms with E-state index < -0.39 is 14.9 Å². The Kier molecular flexibility index (Phi) is 5.38. The van der Waals surface area contributed by atoms with Crippen molar-refractivity contribution < 1.29 is 13.3 Å². The Labute approximate surface area is 136 Å². The normalized spacial score (nSPS) is 17.3. The summed E-state index contributed by atoms with van der Waals surface area (Å²) >= 11 is 0. The molecule has 7 nitrogen and oxygen atoms in total. The van der Waals surface area contributed by atoms with Gasteiger partial charge in [-0.15, -0.1) is 0 Å². The maximum absolute atomic E-state index is 12.7. The lowest BCUT2D eigenvalue weighted by Crippen LogP contribution is -2.44. The van der Waals surface area contributed by atoms with Gasteiger partial charge in [0.15, 0.2) is 0 Å². The van der Waals surface area contributed by atoms with Gasteiger partial charge in [0.05, 0.1) is 9.82 Å². The molecule has 2 rings (SSSR count). The number of rotatable bonds is 5. The largest absolute Gasteiger partial charge is 0.303 e. The zero-order valence-corrected chi connectivity index (χ0v) is 14.5. The fourth-order valence-corrected chi connectivity index (χ4v) is 4.48. The second kappa shape index (κ2) is 6.94. The molecule has 1 aliphatic rings. The molecule has 1 aromatic rings. The lowest BCUT2D eigenvalue weighted by atomic mass is 10.1. The molecule has 1 heterocycles. The summed E-state index contributed by atoms with van der Waals surface area (Å²) in [4.78, 5) is 12.7. The Morgan fingerprint density at radius 2 is 1.91 bits per heavy atom. The van der Waals surface area contributed by atoms with Gasteiger partial charge in [-0.3, -0.25) is 10.1 Å². The summed E-state index contributed by atoms with van der Waals surface area (Å²) in [5.41, 5.74) is 0.948. The molecule has 1 aliphatic heterocycles. The summed E-state index contributed by atoms with van der Waals surface area (Å²) < 4.78 is 28.0. The number of nitrogens with zero attached hydrogens (tertiary/aromatic N) is 2. The predicted molar refractivity (Wildman–Crippen MR) is 88.0 cm³/mol. The first-order valence-corrected chi connectivity index (χ1v) is 9.23. The Bertz CT molecular complexity index is 695. The smallest absolute Gasteiger partial charge is 0.271 e. The second-order valence-electron chi connectivity index (χ2n) is 5.97. The molecule has 1 aromatic carbocycles. The first-order chi connectivity index (χ1) is 10.7. The molecule has 0 radical (unpaired) electrons. The van der Waals surface area contributed by atoms with Crippen molar-refractivity contribution in [2.24, 2.45) is 0 Å². The topological polar surface area (TPSA) is 92.6 Å². The van der Waals surface area contributed by atoms with Crippen molar-refractivity contribution in [2.45, 2.75) is 44.6 Å². The van der Waals surface area contributed by atoms with Crippen LogP contribution in [0.25, 0.3) is 0 Å². The summed E-state index contributed by atoms with van der Waals surface area (Å²) in [5.74, 6) is 0. The van der Waals surface area contributed by atoms with Crippen LogP contribution < -0.4 is 4.72 Å². The van der Waals surface area contributed by atoms with Gasteiger partial charge in [-0.05, 0) is 57.5 Å². The maximum Gasteiger partial charge on any atom is 0.271 e. The highest BCUT2D eigenvalue weighted by Gasteiger charge is 2.27. The molecule has 0 amide bonds. The highest BCUT2D eigenvalue weighted by atomic mass is 32.2. The highest BCUT2D eigenvalue weighted by molar-refractivity contribution is 7.89. The number of hydrogen-bond donors (Lipinski definition) is 1. The number of aryl methyl sites for hydroxylation is 1. The third-order valence-electron chi connectivity index (χ3n) is 4.46. The van der Waals surface area contributed by atoms with Gasteiger partial charge in [0.25, 0.3) is 5.69 Å². The molecule has 0 atom stereocenters. The van der Waals surface area contributed by atoms with E-state index in [1.165, 1.54) is 6.07 Å². The number of hydrogen-bond acceptors (Lipinski definition) is 5. The summed E-state index contributed by atoms with van der Waals surface area (Å²) in [6.45, 7) is 8.12. The summed E-state index contributed by atoms with van der Waals surface area (Å²) in [7, 11) is -3.77. The molecule has 23 heavy (non-hydrogen) atoms. The third kappa shape index (κ3) is 4.07. The van der Waals surface area contributed by atoms with Gasteiger partial charge in [0.2, 0.25) is 10.0 Å². The minimum absolute atomic E-state index is 0.00196. The average molecular weight is 341 g/mol. The van der Waals surface area contributed by atoms with E-state index in [1.807, 2.05) is 0 Å². The first-order valence-electron chi connectivity index (χ1n) is 7.75. The van der Waals surface area contributed by atoms with E-state index >= 15 is 0 Å². The van der Waals surface area contributed by atoms with Crippen molar-refractivity contribution >= 4 is 15.7 Å². The number of piperidine rings is 1. The fraction of sp³-hybridized carbons (Fsp3) is 0.600. The average Bonchev–Trinajstić information content (AvgIpc) is 2.49. The fourth-order valence-electron chi connectivity index (χ4n) is 2.84. The van der Waals surface area contributed by atoms with Gasteiger partial charge in [-0.2, -0.15) is 0 Å². The number of nitro benzene ring substituents is 1. The van der Waals surface area contributed by atoms with E-state index in [2.05, 4.69) is 16.5 Å². The molecule has 8 heteroatoms. The molecule has 128 valence electrons. The van der Waals surface area contributed by atoms with Crippen molar-refractivity contribution in [3.63, 3.8) is 0 Å². The minimum Gasteiger partial charge on any atom is -0.303 e. The summed E-state index contributed by atoms with van der Waals surface area (Å²) in [6, 6.07) is 2.42. The molecule has 1 N–H and O–H groups in total. The van der Waals surface area contributed by atoms with Crippen LogP contribution in [0.4, 0.5) is 5.69 Å². The molecular weight excluding hydrogens is 318 g/mol. The van der Waals surface area contributed by atoms with Crippen LogP contribution in [-0.4, -0.2) is 43.9 Å². The quantitative estimate of drug-likeness (QED) is 0.653. The summed E-state index contributed by atoms with van der Waals surface area (Å²) in [5, 5.41) is 11.0. The zero-order chi connectivity index (χ0) is 17.2. The van der Waals surface area contributed by atoms with Gasteiger partial charge in [-0.25, -0.2) is 13.1 Å². The minimum atomic E-state index is -3.77. The van der Waals surface area contributed by atoms with Crippen LogP contribution >= 0.6 is 0 Å². The van der Waals surface area contributed by atoms with E-state index in [9.17, 15) is 18.5 Å². The number of likely N-dealkylation sites (tertiary alicyclic amines) is 1. The van der Waals surface area contributed by atoms with E-state index in [0.717, 1.165) is 38.5 Å². The van der Waals surface area contributed by atoms with Crippen LogP contribution in [-0.2, 0) is 10.0 Å². The SMILES string of the molecule is CCN1CCC(NS(=O)(=O)c2cc([N+](=O)[O-])cc(C)c2C)CC1. The van der Waals surface area contributed by atoms with Crippen molar-refractivity contribution in [3.05, 3.63) is 33.4 Å². The van der Waals surface area contributed by atoms with Gasteiger partial charge in [-0.1, -0.05) is 6.92 Å². The molecule has 0 bridgehead atoms. The van der Waals surface area contributed by atoms with Gasteiger partial charge >= 0.3 is 0 Å². The Morgan fingerprint density at radius 3 is 2.43 bits per heavy atom.